The van der Waals surface area contributed by atoms with Crippen molar-refractivity contribution in [2.45, 2.75) is 0 Å². The van der Waals surface area contributed by atoms with Gasteiger partial charge in [-0.2, -0.15) is 9.78 Å². The highest BCUT2D eigenvalue weighted by molar-refractivity contribution is 5.97. The van der Waals surface area contributed by atoms with Crippen LogP contribution >= 0.6 is 0 Å². The molecule has 0 aliphatic rings. The van der Waals surface area contributed by atoms with Crippen molar-refractivity contribution in [3.8, 4) is 11.4 Å². The van der Waals surface area contributed by atoms with E-state index >= 15 is 0 Å². The first-order chi connectivity index (χ1) is 8.27. The number of amides is 1. The number of aromatic nitrogens is 4. The number of rotatable bonds is 1. The van der Waals surface area contributed by atoms with Crippen molar-refractivity contribution >= 4 is 16.9 Å². The van der Waals surface area contributed by atoms with Crippen molar-refractivity contribution in [1.29, 1.82) is 0 Å². The second kappa shape index (κ2) is 3.44. The fourth-order valence-electron chi connectivity index (χ4n) is 1.75. The maximum atomic E-state index is 11.3. The average Bonchev–Trinajstić information content (AvgIpc) is 2.95. The molecule has 0 fully saturated rings. The maximum Gasteiger partial charge on any atom is 0.340 e. The van der Waals surface area contributed by atoms with Crippen LogP contribution in [0.2, 0.25) is 0 Å². The molecule has 83 valence electrons. The van der Waals surface area contributed by atoms with Gasteiger partial charge >= 0.3 is 6.03 Å². The summed E-state index contributed by atoms with van der Waals surface area (Å²) in [5.41, 5.74) is 7.19. The molecule has 1 amide bonds. The Morgan fingerprint density at radius 2 is 2.41 bits per heavy atom. The summed E-state index contributed by atoms with van der Waals surface area (Å²) in [6, 6.07) is 7.53. The fourth-order valence-corrected chi connectivity index (χ4v) is 1.75. The number of carbonyl (C=O) groups is 1. The zero-order valence-corrected chi connectivity index (χ0v) is 8.71. The first-order valence-electron chi connectivity index (χ1n) is 4.95. The maximum absolute atomic E-state index is 11.3. The second-order valence-electron chi connectivity index (χ2n) is 3.50. The molecule has 0 saturated carbocycles. The lowest BCUT2D eigenvalue weighted by molar-refractivity contribution is 0.248. The molecule has 0 aliphatic heterocycles. The lowest BCUT2D eigenvalue weighted by atomic mass is 10.2. The van der Waals surface area contributed by atoms with Gasteiger partial charge in [0.05, 0.1) is 11.8 Å². The van der Waals surface area contributed by atoms with E-state index in [0.29, 0.717) is 16.9 Å². The molecule has 3 aromatic rings. The molecule has 3 rings (SSSR count). The molecule has 2 aromatic heterocycles. The van der Waals surface area contributed by atoms with Gasteiger partial charge in [-0.05, 0) is 18.2 Å². The number of carbonyl (C=O) groups excluding carboxylic acids is 1. The third-order valence-electron chi connectivity index (χ3n) is 2.47. The molecule has 0 bridgehead atoms. The number of benzene rings is 1. The highest BCUT2D eigenvalue weighted by Gasteiger charge is 2.15. The second-order valence-corrected chi connectivity index (χ2v) is 3.50. The standard InChI is InChI=1S/C11H8N5O/c12-11(17)16-9-4-2-1-3-7(9)10(15-16)8-5-13-6-14-8/h2-6H,(H2,12,17)(H,13,14). The van der Waals surface area contributed by atoms with Crippen molar-refractivity contribution in [3.63, 3.8) is 0 Å². The number of hydrogen-bond donors (Lipinski definition) is 2. The summed E-state index contributed by atoms with van der Waals surface area (Å²) >= 11 is 0. The molecule has 17 heavy (non-hydrogen) atoms. The van der Waals surface area contributed by atoms with Crippen LogP contribution in [0, 0.1) is 6.07 Å². The quantitative estimate of drug-likeness (QED) is 0.652. The predicted molar refractivity (Wildman–Crippen MR) is 61.1 cm³/mol. The van der Waals surface area contributed by atoms with E-state index in [9.17, 15) is 4.79 Å². The van der Waals surface area contributed by atoms with E-state index < -0.39 is 6.03 Å². The Kier molecular flexibility index (Phi) is 1.94. The van der Waals surface area contributed by atoms with E-state index in [0.717, 1.165) is 10.1 Å². The average molecular weight is 226 g/mol. The van der Waals surface area contributed by atoms with Gasteiger partial charge in [-0.3, -0.25) is 0 Å². The molecule has 3 N–H and O–H groups in total. The summed E-state index contributed by atoms with van der Waals surface area (Å²) in [6.07, 6.45) is 3.26. The van der Waals surface area contributed by atoms with Crippen molar-refractivity contribution in [2.24, 2.45) is 5.73 Å². The largest absolute Gasteiger partial charge is 0.351 e. The molecule has 0 saturated heterocycles. The third kappa shape index (κ3) is 1.38. The van der Waals surface area contributed by atoms with Gasteiger partial charge in [0.1, 0.15) is 11.4 Å². The number of nitrogens with one attached hydrogen (secondary N) is 1. The molecule has 6 heteroatoms. The molecule has 0 aliphatic carbocycles. The summed E-state index contributed by atoms with van der Waals surface area (Å²) in [6.45, 7) is 0. The number of nitrogens with two attached hydrogens (primary N) is 1. The zero-order chi connectivity index (χ0) is 11.8. The van der Waals surface area contributed by atoms with Crippen LogP contribution in [0.5, 0.6) is 0 Å². The monoisotopic (exact) mass is 226 g/mol. The lowest BCUT2D eigenvalue weighted by Crippen LogP contribution is -2.20. The van der Waals surface area contributed by atoms with Crippen LogP contribution in [0.3, 0.4) is 0 Å². The Morgan fingerprint density at radius 3 is 3.12 bits per heavy atom. The molecule has 6 nitrogen and oxygen atoms in total. The summed E-state index contributed by atoms with van der Waals surface area (Å²) in [5.74, 6) is 0. The Balaban J connectivity index is 2.37. The van der Waals surface area contributed by atoms with Crippen LogP contribution in [0.25, 0.3) is 22.3 Å². The minimum atomic E-state index is -0.622. The lowest BCUT2D eigenvalue weighted by Gasteiger charge is -1.93. The number of primary amides is 1. The van der Waals surface area contributed by atoms with Crippen LogP contribution in [0.4, 0.5) is 4.79 Å². The molecular weight excluding hydrogens is 218 g/mol. The molecule has 0 atom stereocenters. The number of imidazole rings is 1. The van der Waals surface area contributed by atoms with Gasteiger partial charge in [0.2, 0.25) is 0 Å². The van der Waals surface area contributed by atoms with Gasteiger partial charge in [0.15, 0.2) is 0 Å². The Labute approximate surface area is 96.1 Å². The molecule has 1 aromatic carbocycles. The zero-order valence-electron chi connectivity index (χ0n) is 8.71. The number of hydrogen-bond acceptors (Lipinski definition) is 3. The number of nitrogens with zero attached hydrogens (tertiary/aromatic N) is 3. The Hall–Kier alpha value is -2.63. The summed E-state index contributed by atoms with van der Waals surface area (Å²) in [5, 5.41) is 4.96. The van der Waals surface area contributed by atoms with Crippen LogP contribution in [-0.4, -0.2) is 25.8 Å². The van der Waals surface area contributed by atoms with E-state index in [1.165, 1.54) is 0 Å². The van der Waals surface area contributed by atoms with Gasteiger partial charge in [0.25, 0.3) is 0 Å². The Morgan fingerprint density at radius 1 is 1.53 bits per heavy atom. The van der Waals surface area contributed by atoms with Gasteiger partial charge < -0.3 is 10.7 Å². The van der Waals surface area contributed by atoms with E-state index in [-0.39, 0.29) is 0 Å². The van der Waals surface area contributed by atoms with E-state index in [4.69, 9.17) is 5.73 Å². The smallest absolute Gasteiger partial charge is 0.340 e. The van der Waals surface area contributed by atoms with E-state index in [2.05, 4.69) is 21.1 Å². The first-order valence-corrected chi connectivity index (χ1v) is 4.95. The van der Waals surface area contributed by atoms with Crippen LogP contribution < -0.4 is 5.73 Å². The Bertz CT molecular complexity index is 683. The first kappa shape index (κ1) is 9.59. The van der Waals surface area contributed by atoms with Crippen molar-refractivity contribution in [3.05, 3.63) is 36.8 Å². The number of aromatic amines is 1. The van der Waals surface area contributed by atoms with Crippen molar-refractivity contribution < 1.29 is 4.79 Å². The number of H-pyrrole nitrogens is 1. The summed E-state index contributed by atoms with van der Waals surface area (Å²) in [4.78, 5) is 18.2. The van der Waals surface area contributed by atoms with E-state index in [1.807, 2.05) is 0 Å². The highest BCUT2D eigenvalue weighted by Crippen LogP contribution is 2.25. The summed E-state index contributed by atoms with van der Waals surface area (Å²) < 4.78 is 1.16. The van der Waals surface area contributed by atoms with Crippen molar-refractivity contribution in [2.75, 3.05) is 0 Å². The van der Waals surface area contributed by atoms with Gasteiger partial charge in [-0.25, -0.2) is 9.78 Å². The highest BCUT2D eigenvalue weighted by atomic mass is 16.2. The van der Waals surface area contributed by atoms with Gasteiger partial charge in [-0.15, -0.1) is 0 Å². The van der Waals surface area contributed by atoms with Crippen LogP contribution in [0.1, 0.15) is 0 Å². The topological polar surface area (TPSA) is 89.6 Å². The van der Waals surface area contributed by atoms with E-state index in [1.54, 1.807) is 30.7 Å². The SMILES string of the molecule is NC(=O)n1nc(-c2c[nH]cn2)c2c[c]ccc21. The normalized spacial score (nSPS) is 10.8. The molecular formula is C11H8N5O. The molecule has 1 radical (unpaired) electrons. The van der Waals surface area contributed by atoms with Crippen LogP contribution in [0.15, 0.2) is 30.7 Å². The molecule has 2 heterocycles. The molecule has 0 unspecified atom stereocenters. The minimum Gasteiger partial charge on any atom is -0.351 e. The third-order valence-corrected chi connectivity index (χ3v) is 2.47. The van der Waals surface area contributed by atoms with Crippen molar-refractivity contribution in [1.82, 2.24) is 19.7 Å². The minimum absolute atomic E-state index is 0.608. The fraction of sp³-hybridized carbons (Fsp3) is 0. The predicted octanol–water partition coefficient (Wildman–Crippen LogP) is 1.15. The van der Waals surface area contributed by atoms with Gasteiger partial charge in [-0.1, -0.05) is 6.07 Å². The number of fused-ring (bicyclic) bond motifs is 1. The summed E-state index contributed by atoms with van der Waals surface area (Å²) in [7, 11) is 0. The molecule has 0 spiro atoms. The van der Waals surface area contributed by atoms with Gasteiger partial charge in [0, 0.05) is 11.6 Å². The van der Waals surface area contributed by atoms with Crippen LogP contribution in [-0.2, 0) is 0 Å².